The Bertz CT molecular complexity index is 514. The molecular formula is C18H26N2O3. The number of rotatable bonds is 7. The van der Waals surface area contributed by atoms with E-state index in [0.717, 1.165) is 49.6 Å². The van der Waals surface area contributed by atoms with Crippen molar-refractivity contribution in [1.82, 2.24) is 5.32 Å². The largest absolute Gasteiger partial charge is 0.488 e. The van der Waals surface area contributed by atoms with Crippen LogP contribution in [0.5, 0.6) is 5.75 Å². The Hall–Kier alpha value is -1.59. The molecule has 5 heteroatoms. The molecule has 126 valence electrons. The number of carbonyl (C=O) groups excluding carboxylic acids is 1. The molecule has 0 bridgehead atoms. The molecule has 0 spiro atoms. The van der Waals surface area contributed by atoms with E-state index < -0.39 is 0 Å². The van der Waals surface area contributed by atoms with Crippen molar-refractivity contribution < 1.29 is 14.6 Å². The minimum atomic E-state index is -0.374. The summed E-state index contributed by atoms with van der Waals surface area (Å²) in [4.78, 5) is 11.8. The maximum atomic E-state index is 11.8. The van der Waals surface area contributed by atoms with Crippen molar-refractivity contribution in [3.63, 3.8) is 0 Å². The van der Waals surface area contributed by atoms with Crippen LogP contribution in [0.15, 0.2) is 24.3 Å². The van der Waals surface area contributed by atoms with Gasteiger partial charge in [-0.25, -0.2) is 0 Å². The van der Waals surface area contributed by atoms with Crippen molar-refractivity contribution >= 4 is 11.6 Å². The number of aliphatic hydroxyl groups excluding tert-OH is 1. The zero-order valence-electron chi connectivity index (χ0n) is 13.5. The predicted molar refractivity (Wildman–Crippen MR) is 89.6 cm³/mol. The first-order valence-electron chi connectivity index (χ1n) is 8.66. The molecular weight excluding hydrogens is 292 g/mol. The molecule has 23 heavy (non-hydrogen) atoms. The Balaban J connectivity index is 1.43. The Morgan fingerprint density at radius 2 is 1.87 bits per heavy atom. The Morgan fingerprint density at radius 3 is 2.57 bits per heavy atom. The minimum absolute atomic E-state index is 0.0259. The zero-order chi connectivity index (χ0) is 16.1. The molecule has 0 aromatic heterocycles. The minimum Gasteiger partial charge on any atom is -0.488 e. The summed E-state index contributed by atoms with van der Waals surface area (Å²) in [5.74, 6) is 1.48. The molecule has 2 saturated carbocycles. The third kappa shape index (κ3) is 5.22. The van der Waals surface area contributed by atoms with E-state index in [1.165, 1.54) is 12.8 Å². The number of anilines is 1. The normalized spacial score (nSPS) is 24.2. The average molecular weight is 318 g/mol. The van der Waals surface area contributed by atoms with Crippen LogP contribution >= 0.6 is 0 Å². The van der Waals surface area contributed by atoms with E-state index in [2.05, 4.69) is 10.6 Å². The maximum Gasteiger partial charge on any atom is 0.238 e. The van der Waals surface area contributed by atoms with Crippen LogP contribution in [0.3, 0.4) is 0 Å². The summed E-state index contributed by atoms with van der Waals surface area (Å²) in [6, 6.07) is 7.36. The van der Waals surface area contributed by atoms with E-state index >= 15 is 0 Å². The summed E-state index contributed by atoms with van der Waals surface area (Å²) >= 11 is 0. The summed E-state index contributed by atoms with van der Waals surface area (Å²) in [5.41, 5.74) is 0.764. The summed E-state index contributed by atoms with van der Waals surface area (Å²) in [5, 5.41) is 16.0. The second-order valence-corrected chi connectivity index (χ2v) is 6.65. The molecule has 0 saturated heterocycles. The van der Waals surface area contributed by atoms with Crippen LogP contribution in [-0.2, 0) is 4.79 Å². The van der Waals surface area contributed by atoms with Crippen LogP contribution in [0.25, 0.3) is 0 Å². The molecule has 2 atom stereocenters. The molecule has 2 fully saturated rings. The van der Waals surface area contributed by atoms with Crippen LogP contribution in [0.1, 0.15) is 38.5 Å². The van der Waals surface area contributed by atoms with Gasteiger partial charge in [0.05, 0.1) is 12.6 Å². The second kappa shape index (κ2) is 7.79. The van der Waals surface area contributed by atoms with Gasteiger partial charge in [0.1, 0.15) is 11.9 Å². The molecule has 3 N–H and O–H groups in total. The van der Waals surface area contributed by atoms with E-state index in [-0.39, 0.29) is 18.1 Å². The number of hydrogen-bond donors (Lipinski definition) is 3. The molecule has 3 rings (SSSR count). The lowest BCUT2D eigenvalue weighted by molar-refractivity contribution is -0.115. The first kappa shape index (κ1) is 16.3. The van der Waals surface area contributed by atoms with Gasteiger partial charge < -0.3 is 20.5 Å². The lowest BCUT2D eigenvalue weighted by Crippen LogP contribution is -2.34. The highest BCUT2D eigenvalue weighted by molar-refractivity contribution is 5.92. The first-order valence-corrected chi connectivity index (χ1v) is 8.66. The van der Waals surface area contributed by atoms with Crippen LogP contribution in [-0.4, -0.2) is 36.3 Å². The molecule has 2 aliphatic carbocycles. The van der Waals surface area contributed by atoms with Crippen molar-refractivity contribution in [3.05, 3.63) is 24.3 Å². The van der Waals surface area contributed by atoms with E-state index in [9.17, 15) is 9.90 Å². The van der Waals surface area contributed by atoms with E-state index in [1.54, 1.807) is 0 Å². The predicted octanol–water partition coefficient (Wildman–Crippen LogP) is 2.31. The number of aliphatic hydroxyl groups is 1. The fraction of sp³-hybridized carbons (Fsp3) is 0.611. The van der Waals surface area contributed by atoms with Crippen LogP contribution in [0.2, 0.25) is 0 Å². The monoisotopic (exact) mass is 318 g/mol. The van der Waals surface area contributed by atoms with E-state index in [0.29, 0.717) is 6.54 Å². The van der Waals surface area contributed by atoms with Gasteiger partial charge in [-0.15, -0.1) is 0 Å². The summed E-state index contributed by atoms with van der Waals surface area (Å²) in [7, 11) is 0. The lowest BCUT2D eigenvalue weighted by atomic mass is 9.95. The van der Waals surface area contributed by atoms with Crippen molar-refractivity contribution in [2.24, 2.45) is 5.92 Å². The van der Waals surface area contributed by atoms with Gasteiger partial charge >= 0.3 is 0 Å². The fourth-order valence-electron chi connectivity index (χ4n) is 2.92. The second-order valence-electron chi connectivity index (χ2n) is 6.65. The van der Waals surface area contributed by atoms with Gasteiger partial charge in [0.15, 0.2) is 0 Å². The fourth-order valence-corrected chi connectivity index (χ4v) is 2.92. The van der Waals surface area contributed by atoms with Gasteiger partial charge in [0, 0.05) is 5.69 Å². The molecule has 0 aliphatic heterocycles. The van der Waals surface area contributed by atoms with Crippen molar-refractivity contribution in [3.8, 4) is 5.75 Å². The van der Waals surface area contributed by atoms with E-state index in [4.69, 9.17) is 4.74 Å². The molecule has 0 radical (unpaired) electrons. The van der Waals surface area contributed by atoms with Crippen molar-refractivity contribution in [2.45, 2.75) is 50.7 Å². The quantitative estimate of drug-likeness (QED) is 0.721. The average Bonchev–Trinajstić information content (AvgIpc) is 3.36. The summed E-state index contributed by atoms with van der Waals surface area (Å²) in [6.07, 6.45) is 5.96. The highest BCUT2D eigenvalue weighted by Gasteiger charge is 2.24. The van der Waals surface area contributed by atoms with Gasteiger partial charge in [-0.05, 0) is 68.8 Å². The SMILES string of the molecule is O=C(CNCC1CC1)Nc1ccc(OC2CCCCC2O)cc1. The third-order valence-electron chi connectivity index (χ3n) is 4.51. The number of carbonyl (C=O) groups is 1. The van der Waals surface area contributed by atoms with Gasteiger partial charge in [0.25, 0.3) is 0 Å². The molecule has 0 heterocycles. The number of amides is 1. The summed E-state index contributed by atoms with van der Waals surface area (Å²) in [6.45, 7) is 1.28. The van der Waals surface area contributed by atoms with Crippen molar-refractivity contribution in [1.29, 1.82) is 0 Å². The Kier molecular flexibility index (Phi) is 5.51. The molecule has 1 amide bonds. The topological polar surface area (TPSA) is 70.6 Å². The molecule has 2 aliphatic rings. The number of nitrogens with one attached hydrogen (secondary N) is 2. The van der Waals surface area contributed by atoms with Gasteiger partial charge in [-0.2, -0.15) is 0 Å². The van der Waals surface area contributed by atoms with Crippen molar-refractivity contribution in [2.75, 3.05) is 18.4 Å². The lowest BCUT2D eigenvalue weighted by Gasteiger charge is -2.28. The summed E-state index contributed by atoms with van der Waals surface area (Å²) < 4.78 is 5.85. The maximum absolute atomic E-state index is 11.8. The van der Waals surface area contributed by atoms with Gasteiger partial charge in [-0.3, -0.25) is 4.79 Å². The van der Waals surface area contributed by atoms with Crippen LogP contribution in [0, 0.1) is 5.92 Å². The Labute approximate surface area is 137 Å². The molecule has 5 nitrogen and oxygen atoms in total. The standard InChI is InChI=1S/C18H26N2O3/c21-16-3-1-2-4-17(16)23-15-9-7-14(8-10-15)20-18(22)12-19-11-13-5-6-13/h7-10,13,16-17,19,21H,1-6,11-12H2,(H,20,22). The number of ether oxygens (including phenoxy) is 1. The van der Waals surface area contributed by atoms with Gasteiger partial charge in [0.2, 0.25) is 5.91 Å². The van der Waals surface area contributed by atoms with Crippen LogP contribution in [0.4, 0.5) is 5.69 Å². The smallest absolute Gasteiger partial charge is 0.238 e. The van der Waals surface area contributed by atoms with Crippen LogP contribution < -0.4 is 15.4 Å². The highest BCUT2D eigenvalue weighted by atomic mass is 16.5. The Morgan fingerprint density at radius 1 is 1.13 bits per heavy atom. The highest BCUT2D eigenvalue weighted by Crippen LogP contribution is 2.27. The van der Waals surface area contributed by atoms with E-state index in [1.807, 2.05) is 24.3 Å². The number of hydrogen-bond acceptors (Lipinski definition) is 4. The third-order valence-corrected chi connectivity index (χ3v) is 4.51. The molecule has 2 unspecified atom stereocenters. The van der Waals surface area contributed by atoms with Gasteiger partial charge in [-0.1, -0.05) is 6.42 Å². The molecule has 1 aromatic rings. The first-order chi connectivity index (χ1) is 11.2. The zero-order valence-corrected chi connectivity index (χ0v) is 13.5. The number of benzene rings is 1. The molecule has 1 aromatic carbocycles.